The molecule has 5 amide bonds. The quantitative estimate of drug-likeness (QED) is 0.125. The SMILES string of the molecule is CCC(NC(=O)OC)C(=O)N1CC(C#N)CC1c1ncc(-c2ccc(-c3ccc4cc(-c5cnc(C6CC7(CC7)CN6C(=O)N(CC(C)C)C(=O)OC)[nH]5)ccc4c3)cc2)[nH]1. The Morgan fingerprint density at radius 3 is 2.08 bits per heavy atom. The molecule has 61 heavy (non-hydrogen) atoms. The zero-order valence-electron chi connectivity index (χ0n) is 35.1. The van der Waals surface area contributed by atoms with Crippen molar-refractivity contribution in [2.75, 3.05) is 33.9 Å². The number of carbonyl (C=O) groups excluding carboxylic acids is 4. The Bertz CT molecular complexity index is 2500. The van der Waals surface area contributed by atoms with E-state index in [1.54, 1.807) is 16.0 Å². The molecule has 5 aromatic rings. The Morgan fingerprint density at radius 2 is 1.48 bits per heavy atom. The number of nitrogens with zero attached hydrogens (tertiary/aromatic N) is 6. The van der Waals surface area contributed by atoms with Gasteiger partial charge in [0, 0.05) is 25.2 Å². The third-order valence-electron chi connectivity index (χ3n) is 12.3. The maximum Gasteiger partial charge on any atom is 0.417 e. The van der Waals surface area contributed by atoms with E-state index in [9.17, 15) is 24.4 Å². The van der Waals surface area contributed by atoms with E-state index in [4.69, 9.17) is 14.5 Å². The number of imide groups is 1. The summed E-state index contributed by atoms with van der Waals surface area (Å²) in [5.74, 6) is 0.764. The lowest BCUT2D eigenvalue weighted by atomic mass is 9.98. The predicted molar refractivity (Wildman–Crippen MR) is 227 cm³/mol. The molecule has 8 rings (SSSR count). The zero-order chi connectivity index (χ0) is 43.0. The second-order valence-corrected chi connectivity index (χ2v) is 17.0. The highest BCUT2D eigenvalue weighted by atomic mass is 16.5. The number of imidazole rings is 2. The third-order valence-corrected chi connectivity index (χ3v) is 12.3. The van der Waals surface area contributed by atoms with Crippen molar-refractivity contribution >= 4 is 34.9 Å². The van der Waals surface area contributed by atoms with E-state index in [0.717, 1.165) is 63.7 Å². The van der Waals surface area contributed by atoms with Gasteiger partial charge in [0.25, 0.3) is 0 Å². The van der Waals surface area contributed by atoms with Crippen LogP contribution in [0.25, 0.3) is 44.4 Å². The predicted octanol–water partition coefficient (Wildman–Crippen LogP) is 8.21. The molecule has 1 aliphatic carbocycles. The zero-order valence-corrected chi connectivity index (χ0v) is 35.1. The first-order chi connectivity index (χ1) is 29.4. The largest absolute Gasteiger partial charge is 0.453 e. The minimum absolute atomic E-state index is 0.0759. The lowest BCUT2D eigenvalue weighted by molar-refractivity contribution is -0.134. The molecule has 15 nitrogen and oxygen atoms in total. The lowest BCUT2D eigenvalue weighted by Gasteiger charge is -2.30. The number of ether oxygens (including phenoxy) is 2. The number of hydrogen-bond acceptors (Lipinski definition) is 9. The van der Waals surface area contributed by atoms with Crippen LogP contribution in [0.15, 0.2) is 73.1 Å². The van der Waals surface area contributed by atoms with Gasteiger partial charge in [0.2, 0.25) is 5.91 Å². The summed E-state index contributed by atoms with van der Waals surface area (Å²) in [4.78, 5) is 72.9. The summed E-state index contributed by atoms with van der Waals surface area (Å²) in [6, 6.07) is 21.3. The molecule has 2 saturated heterocycles. The summed E-state index contributed by atoms with van der Waals surface area (Å²) >= 11 is 0. The van der Waals surface area contributed by atoms with Crippen molar-refractivity contribution < 1.29 is 28.7 Å². The number of methoxy groups -OCH3 is 2. The number of H-pyrrole nitrogens is 2. The van der Waals surface area contributed by atoms with E-state index in [1.165, 1.54) is 19.1 Å². The van der Waals surface area contributed by atoms with Gasteiger partial charge in [-0.1, -0.05) is 69.3 Å². The van der Waals surface area contributed by atoms with Crippen LogP contribution in [0.2, 0.25) is 0 Å². The summed E-state index contributed by atoms with van der Waals surface area (Å²) in [5.41, 5.74) is 5.73. The molecule has 1 saturated carbocycles. The molecule has 1 spiro atoms. The summed E-state index contributed by atoms with van der Waals surface area (Å²) in [6.07, 6.45) is 5.96. The Morgan fingerprint density at radius 1 is 0.869 bits per heavy atom. The molecule has 4 heterocycles. The number of carbonyl (C=O) groups is 4. The van der Waals surface area contributed by atoms with E-state index >= 15 is 0 Å². The summed E-state index contributed by atoms with van der Waals surface area (Å²) in [6.45, 7) is 6.87. The fraction of sp³-hybridized carbons (Fsp3) is 0.413. The van der Waals surface area contributed by atoms with Crippen LogP contribution in [0, 0.1) is 28.6 Å². The van der Waals surface area contributed by atoms with Gasteiger partial charge < -0.3 is 34.6 Å². The fourth-order valence-corrected chi connectivity index (χ4v) is 8.81. The van der Waals surface area contributed by atoms with E-state index < -0.39 is 24.3 Å². The Kier molecular flexibility index (Phi) is 11.3. The molecule has 0 radical (unpaired) electrons. The van der Waals surface area contributed by atoms with Crippen LogP contribution < -0.4 is 5.32 Å². The Hall–Kier alpha value is -6.69. The number of rotatable bonds is 10. The van der Waals surface area contributed by atoms with E-state index in [0.29, 0.717) is 31.0 Å². The number of nitrogens with one attached hydrogen (secondary N) is 3. The minimum Gasteiger partial charge on any atom is -0.453 e. The summed E-state index contributed by atoms with van der Waals surface area (Å²) < 4.78 is 9.70. The fourth-order valence-electron chi connectivity index (χ4n) is 8.81. The number of urea groups is 1. The van der Waals surface area contributed by atoms with Crippen LogP contribution in [0.4, 0.5) is 14.4 Å². The maximum absolute atomic E-state index is 13.8. The molecule has 2 aromatic heterocycles. The molecule has 0 bridgehead atoms. The van der Waals surface area contributed by atoms with Gasteiger partial charge in [0.05, 0.1) is 62.1 Å². The number of benzene rings is 3. The monoisotopic (exact) mass is 825 g/mol. The summed E-state index contributed by atoms with van der Waals surface area (Å²) in [5, 5.41) is 14.5. The third kappa shape index (κ3) is 8.27. The number of hydrogen-bond donors (Lipinski definition) is 3. The van der Waals surface area contributed by atoms with Crippen LogP contribution >= 0.6 is 0 Å². The van der Waals surface area contributed by atoms with E-state index in [-0.39, 0.29) is 48.3 Å². The van der Waals surface area contributed by atoms with Crippen molar-refractivity contribution in [2.24, 2.45) is 17.3 Å². The molecule has 4 atom stereocenters. The first-order valence-electron chi connectivity index (χ1n) is 20.9. The second-order valence-electron chi connectivity index (χ2n) is 17.0. The Labute approximate surface area is 354 Å². The number of aromatic amines is 2. The standard InChI is InChI=1S/C46H51N9O6/c1-6-35(52-43(57)60-4)42(56)53-25-28(21-47)17-38(53)40-48-22-36(50-40)30-9-7-29(8-10-30)31-11-12-33-19-34(14-13-32(33)18-31)37-23-49-41(51-37)39-20-46(15-16-46)26-55(39)44(58)54(24-27(2)3)45(59)61-5/h7-14,18-19,22-23,27-28,35,38-39H,6,15-17,20,24-26H2,1-5H3,(H,48,50)(H,49,51)(H,52,57). The molecule has 3 aromatic carbocycles. The molecule has 15 heteroatoms. The molecule has 316 valence electrons. The smallest absolute Gasteiger partial charge is 0.417 e. The number of alkyl carbamates (subject to hydrolysis) is 1. The van der Waals surface area contributed by atoms with Crippen LogP contribution in [0.3, 0.4) is 0 Å². The van der Waals surface area contributed by atoms with Crippen molar-refractivity contribution in [3.05, 3.63) is 84.7 Å². The number of aromatic nitrogens is 4. The van der Waals surface area contributed by atoms with E-state index in [1.807, 2.05) is 39.1 Å². The number of amides is 5. The van der Waals surface area contributed by atoms with Crippen LogP contribution in [-0.4, -0.2) is 98.7 Å². The minimum atomic E-state index is -0.776. The second kappa shape index (κ2) is 16.8. The van der Waals surface area contributed by atoms with Crippen molar-refractivity contribution in [1.82, 2.24) is 40.0 Å². The first-order valence-corrected chi connectivity index (χ1v) is 20.9. The van der Waals surface area contributed by atoms with Gasteiger partial charge in [0.15, 0.2) is 0 Å². The first kappa shape index (κ1) is 41.1. The molecule has 3 N–H and O–H groups in total. The number of fused-ring (bicyclic) bond motifs is 1. The highest BCUT2D eigenvalue weighted by Crippen LogP contribution is 2.58. The lowest BCUT2D eigenvalue weighted by Crippen LogP contribution is -2.48. The molecule has 4 unspecified atom stereocenters. The van der Waals surface area contributed by atoms with Crippen LogP contribution in [0.1, 0.15) is 76.6 Å². The molecule has 2 aliphatic heterocycles. The van der Waals surface area contributed by atoms with E-state index in [2.05, 4.69) is 74.9 Å². The van der Waals surface area contributed by atoms with Gasteiger partial charge in [-0.15, -0.1) is 0 Å². The van der Waals surface area contributed by atoms with Gasteiger partial charge in [-0.2, -0.15) is 5.26 Å². The van der Waals surface area contributed by atoms with Gasteiger partial charge in [-0.05, 0) is 83.0 Å². The number of likely N-dealkylation sites (tertiary alicyclic amines) is 2. The molecular weight excluding hydrogens is 775 g/mol. The highest BCUT2D eigenvalue weighted by molar-refractivity contribution is 5.92. The average molecular weight is 826 g/mol. The Balaban J connectivity index is 0.963. The van der Waals surface area contributed by atoms with Crippen molar-refractivity contribution in [1.29, 1.82) is 5.26 Å². The topological polar surface area (TPSA) is 190 Å². The average Bonchev–Trinajstić information content (AvgIpc) is 3.78. The van der Waals surface area contributed by atoms with Crippen LogP contribution in [0.5, 0.6) is 0 Å². The van der Waals surface area contributed by atoms with Gasteiger partial charge >= 0.3 is 18.2 Å². The maximum atomic E-state index is 13.8. The van der Waals surface area contributed by atoms with Crippen molar-refractivity contribution in [2.45, 2.75) is 71.0 Å². The van der Waals surface area contributed by atoms with Crippen molar-refractivity contribution in [3.8, 4) is 39.7 Å². The normalized spacial score (nSPS) is 19.5. The molecule has 3 aliphatic rings. The molecular formula is C46H51N9O6. The van der Waals surface area contributed by atoms with Gasteiger partial charge in [-0.3, -0.25) is 4.79 Å². The summed E-state index contributed by atoms with van der Waals surface area (Å²) in [7, 11) is 2.55. The van der Waals surface area contributed by atoms with Gasteiger partial charge in [-0.25, -0.2) is 29.3 Å². The molecule has 3 fully saturated rings. The van der Waals surface area contributed by atoms with Crippen LogP contribution in [-0.2, 0) is 14.3 Å². The van der Waals surface area contributed by atoms with Gasteiger partial charge in [0.1, 0.15) is 17.7 Å². The number of nitriles is 1. The van der Waals surface area contributed by atoms with Crippen molar-refractivity contribution in [3.63, 3.8) is 0 Å². The highest BCUT2D eigenvalue weighted by Gasteiger charge is 2.55.